The highest BCUT2D eigenvalue weighted by Gasteiger charge is 2.38. The Bertz CT molecular complexity index is 1390. The standard InChI is InChI=1S/C23H14F8N2O5/c1-10-9-32-15(21(35)36-2)8-14(10)33-20(34)18-17(6-4-12(19(18)25)22(26,27)28)37-11-3-5-16(13(24)7-11)38-23(29,30)31/h3-9H,1-2H3,(H,32,33,34). The molecule has 1 aromatic heterocycles. The van der Waals surface area contributed by atoms with Crippen LogP contribution in [0.15, 0.2) is 42.6 Å². The molecule has 0 fully saturated rings. The Hall–Kier alpha value is -4.43. The first-order chi connectivity index (χ1) is 17.6. The van der Waals surface area contributed by atoms with Gasteiger partial charge in [-0.2, -0.15) is 13.2 Å². The molecule has 0 saturated carbocycles. The lowest BCUT2D eigenvalue weighted by atomic mass is 10.1. The second kappa shape index (κ2) is 10.5. The van der Waals surface area contributed by atoms with Crippen LogP contribution in [0.5, 0.6) is 17.2 Å². The van der Waals surface area contributed by atoms with E-state index >= 15 is 4.39 Å². The molecule has 3 rings (SSSR count). The van der Waals surface area contributed by atoms with Crippen molar-refractivity contribution in [3.63, 3.8) is 0 Å². The summed E-state index contributed by atoms with van der Waals surface area (Å²) < 4.78 is 119. The average Bonchev–Trinajstić information content (AvgIpc) is 2.80. The van der Waals surface area contributed by atoms with Crippen molar-refractivity contribution in [1.29, 1.82) is 0 Å². The van der Waals surface area contributed by atoms with Gasteiger partial charge in [0.1, 0.15) is 22.8 Å². The maximum Gasteiger partial charge on any atom is 0.573 e. The van der Waals surface area contributed by atoms with Crippen molar-refractivity contribution in [1.82, 2.24) is 4.98 Å². The molecule has 0 bridgehead atoms. The Balaban J connectivity index is 2.04. The number of rotatable bonds is 6. The molecule has 2 aromatic carbocycles. The first-order valence-corrected chi connectivity index (χ1v) is 10.1. The molecule has 0 aliphatic rings. The van der Waals surface area contributed by atoms with Crippen molar-refractivity contribution in [3.05, 3.63) is 76.6 Å². The number of methoxy groups -OCH3 is 1. The van der Waals surface area contributed by atoms with E-state index in [4.69, 9.17) is 4.74 Å². The van der Waals surface area contributed by atoms with Gasteiger partial charge in [0, 0.05) is 18.0 Å². The zero-order valence-electron chi connectivity index (χ0n) is 19.1. The third-order valence-corrected chi connectivity index (χ3v) is 4.74. The van der Waals surface area contributed by atoms with Crippen LogP contribution in [0.1, 0.15) is 32.0 Å². The minimum absolute atomic E-state index is 0.146. The molecule has 15 heteroatoms. The summed E-state index contributed by atoms with van der Waals surface area (Å²) in [4.78, 5) is 28.4. The lowest BCUT2D eigenvalue weighted by molar-refractivity contribution is -0.275. The normalized spacial score (nSPS) is 11.6. The molecular weight excluding hydrogens is 536 g/mol. The summed E-state index contributed by atoms with van der Waals surface area (Å²) in [6, 6.07) is 3.49. The Labute approximate surface area is 207 Å². The number of halogens is 8. The van der Waals surface area contributed by atoms with Crippen molar-refractivity contribution < 1.29 is 58.9 Å². The van der Waals surface area contributed by atoms with Crippen LogP contribution >= 0.6 is 0 Å². The summed E-state index contributed by atoms with van der Waals surface area (Å²) in [6.07, 6.45) is -9.32. The number of esters is 1. The number of benzene rings is 2. The number of ether oxygens (including phenoxy) is 3. The summed E-state index contributed by atoms with van der Waals surface area (Å²) in [5.41, 5.74) is -3.31. The molecule has 7 nitrogen and oxygen atoms in total. The Morgan fingerprint density at radius 1 is 0.947 bits per heavy atom. The summed E-state index contributed by atoms with van der Waals surface area (Å²) in [6.45, 7) is 1.41. The zero-order valence-corrected chi connectivity index (χ0v) is 19.1. The number of hydrogen-bond donors (Lipinski definition) is 1. The van der Waals surface area contributed by atoms with Crippen LogP contribution in [0.25, 0.3) is 0 Å². The number of carbonyl (C=O) groups excluding carboxylic acids is 2. The number of pyridine rings is 1. The van der Waals surface area contributed by atoms with Gasteiger partial charge in [0.25, 0.3) is 5.91 Å². The van der Waals surface area contributed by atoms with E-state index < -0.39 is 64.4 Å². The molecule has 0 spiro atoms. The van der Waals surface area contributed by atoms with E-state index in [1.165, 1.54) is 6.92 Å². The van der Waals surface area contributed by atoms with Gasteiger partial charge in [-0.3, -0.25) is 4.79 Å². The molecule has 0 unspecified atom stereocenters. The van der Waals surface area contributed by atoms with Crippen LogP contribution in [-0.4, -0.2) is 30.3 Å². The Morgan fingerprint density at radius 2 is 1.61 bits per heavy atom. The summed E-state index contributed by atoms with van der Waals surface area (Å²) in [7, 11) is 1.05. The minimum Gasteiger partial charge on any atom is -0.464 e. The largest absolute Gasteiger partial charge is 0.573 e. The van der Waals surface area contributed by atoms with E-state index in [-0.39, 0.29) is 23.0 Å². The molecule has 3 aromatic rings. The molecular formula is C23H14F8N2O5. The van der Waals surface area contributed by atoms with Crippen LogP contribution in [0, 0.1) is 18.6 Å². The Kier molecular flexibility index (Phi) is 7.79. The van der Waals surface area contributed by atoms with Crippen LogP contribution in [0.3, 0.4) is 0 Å². The molecule has 0 aliphatic heterocycles. The second-order valence-corrected chi connectivity index (χ2v) is 7.37. The lowest BCUT2D eigenvalue weighted by Crippen LogP contribution is -2.20. The third kappa shape index (κ3) is 6.46. The predicted molar refractivity (Wildman–Crippen MR) is 113 cm³/mol. The maximum absolute atomic E-state index is 15.0. The Morgan fingerprint density at radius 3 is 2.18 bits per heavy atom. The second-order valence-electron chi connectivity index (χ2n) is 7.37. The number of nitrogens with zero attached hydrogens (tertiary/aromatic N) is 1. The van der Waals surface area contributed by atoms with Gasteiger partial charge in [0.15, 0.2) is 17.4 Å². The van der Waals surface area contributed by atoms with Gasteiger partial charge in [-0.1, -0.05) is 0 Å². The number of aryl methyl sites for hydroxylation is 1. The highest BCUT2D eigenvalue weighted by atomic mass is 19.4. The maximum atomic E-state index is 15.0. The van der Waals surface area contributed by atoms with Crippen LogP contribution < -0.4 is 14.8 Å². The van der Waals surface area contributed by atoms with E-state index in [0.29, 0.717) is 18.2 Å². The predicted octanol–water partition coefficient (Wildman–Crippen LogP) is 6.42. The highest BCUT2D eigenvalue weighted by molar-refractivity contribution is 6.07. The van der Waals surface area contributed by atoms with Crippen molar-refractivity contribution in [3.8, 4) is 17.2 Å². The van der Waals surface area contributed by atoms with Crippen molar-refractivity contribution in [2.75, 3.05) is 12.4 Å². The summed E-state index contributed by atoms with van der Waals surface area (Å²) in [5, 5.41) is 2.14. The van der Waals surface area contributed by atoms with Crippen molar-refractivity contribution in [2.24, 2.45) is 0 Å². The van der Waals surface area contributed by atoms with Crippen LogP contribution in [-0.2, 0) is 10.9 Å². The number of anilines is 1. The van der Waals surface area contributed by atoms with Gasteiger partial charge in [-0.15, -0.1) is 13.2 Å². The lowest BCUT2D eigenvalue weighted by Gasteiger charge is -2.17. The fourth-order valence-electron chi connectivity index (χ4n) is 3.01. The van der Waals surface area contributed by atoms with Gasteiger partial charge in [0.05, 0.1) is 12.7 Å². The topological polar surface area (TPSA) is 86.8 Å². The SMILES string of the molecule is COC(=O)c1cc(NC(=O)c2c(Oc3ccc(OC(F)(F)F)c(F)c3)ccc(C(F)(F)F)c2F)c(C)cn1. The monoisotopic (exact) mass is 550 g/mol. The molecule has 0 radical (unpaired) electrons. The third-order valence-electron chi connectivity index (χ3n) is 4.74. The van der Waals surface area contributed by atoms with Crippen molar-refractivity contribution in [2.45, 2.75) is 19.5 Å². The number of nitrogens with one attached hydrogen (secondary N) is 1. The fourth-order valence-corrected chi connectivity index (χ4v) is 3.01. The molecule has 1 amide bonds. The highest BCUT2D eigenvalue weighted by Crippen LogP contribution is 2.38. The molecule has 0 atom stereocenters. The van der Waals surface area contributed by atoms with E-state index in [1.807, 2.05) is 0 Å². The number of alkyl halides is 6. The first kappa shape index (κ1) is 28.1. The quantitative estimate of drug-likeness (QED) is 0.282. The molecule has 0 aliphatic carbocycles. The smallest absolute Gasteiger partial charge is 0.464 e. The summed E-state index contributed by atoms with van der Waals surface area (Å²) in [5.74, 6) is -8.67. The minimum atomic E-state index is -5.23. The van der Waals surface area contributed by atoms with Gasteiger partial charge < -0.3 is 19.5 Å². The fraction of sp³-hybridized carbons (Fsp3) is 0.174. The molecule has 202 valence electrons. The number of aromatic nitrogens is 1. The van der Waals surface area contributed by atoms with Crippen LogP contribution in [0.2, 0.25) is 0 Å². The average molecular weight is 550 g/mol. The van der Waals surface area contributed by atoms with Gasteiger partial charge in [-0.25, -0.2) is 18.6 Å². The number of amides is 1. The van der Waals surface area contributed by atoms with Gasteiger partial charge >= 0.3 is 18.5 Å². The number of hydrogen-bond acceptors (Lipinski definition) is 6. The van der Waals surface area contributed by atoms with Crippen molar-refractivity contribution >= 4 is 17.6 Å². The van der Waals surface area contributed by atoms with E-state index in [1.54, 1.807) is 0 Å². The van der Waals surface area contributed by atoms with Crippen LogP contribution in [0.4, 0.5) is 40.8 Å². The molecule has 38 heavy (non-hydrogen) atoms. The van der Waals surface area contributed by atoms with E-state index in [0.717, 1.165) is 25.4 Å². The summed E-state index contributed by atoms with van der Waals surface area (Å²) >= 11 is 0. The number of carbonyl (C=O) groups is 2. The molecule has 1 N–H and O–H groups in total. The molecule has 1 heterocycles. The zero-order chi connectivity index (χ0) is 28.4. The molecule has 0 saturated heterocycles. The van der Waals surface area contributed by atoms with E-state index in [9.17, 15) is 40.3 Å². The first-order valence-electron chi connectivity index (χ1n) is 10.1. The van der Waals surface area contributed by atoms with E-state index in [2.05, 4.69) is 19.8 Å². The van der Waals surface area contributed by atoms with Gasteiger partial charge in [-0.05, 0) is 42.8 Å². The van der Waals surface area contributed by atoms with Gasteiger partial charge in [0.2, 0.25) is 0 Å².